The van der Waals surface area contributed by atoms with E-state index in [9.17, 15) is 18.0 Å². The van der Waals surface area contributed by atoms with Crippen LogP contribution in [0.1, 0.15) is 29.9 Å². The summed E-state index contributed by atoms with van der Waals surface area (Å²) in [6, 6.07) is 15.5. The zero-order chi connectivity index (χ0) is 23.0. The molecule has 4 rings (SSSR count). The predicted molar refractivity (Wildman–Crippen MR) is 118 cm³/mol. The van der Waals surface area contributed by atoms with Crippen LogP contribution in [0.4, 0.5) is 19.1 Å². The number of para-hydroxylation sites is 1. The number of nitrogens with zero attached hydrogens (tertiary/aromatic N) is 3. The first kappa shape index (κ1) is 21.8. The molecule has 0 aliphatic carbocycles. The highest BCUT2D eigenvalue weighted by atomic mass is 35.5. The quantitative estimate of drug-likeness (QED) is 0.411. The van der Waals surface area contributed by atoms with Gasteiger partial charge in [0, 0.05) is 17.6 Å². The van der Waals surface area contributed by atoms with Crippen molar-refractivity contribution in [2.75, 3.05) is 5.32 Å². The molecule has 0 amide bonds. The van der Waals surface area contributed by atoms with E-state index in [1.54, 1.807) is 37.3 Å². The maximum absolute atomic E-state index is 13.4. The van der Waals surface area contributed by atoms with Crippen molar-refractivity contribution in [3.63, 3.8) is 0 Å². The van der Waals surface area contributed by atoms with E-state index in [0.29, 0.717) is 27.2 Å². The Balaban J connectivity index is 1.83. The Kier molecular flexibility index (Phi) is 5.64. The van der Waals surface area contributed by atoms with Crippen LogP contribution in [0.15, 0.2) is 65.6 Å². The molecule has 0 spiro atoms. The molecule has 0 radical (unpaired) electrons. The van der Waals surface area contributed by atoms with Crippen molar-refractivity contribution in [3.05, 3.63) is 93.1 Å². The second-order valence-electron chi connectivity index (χ2n) is 7.31. The average molecular weight is 459 g/mol. The van der Waals surface area contributed by atoms with E-state index in [1.807, 2.05) is 24.3 Å². The molecule has 0 aliphatic rings. The van der Waals surface area contributed by atoms with Gasteiger partial charge < -0.3 is 5.32 Å². The first-order chi connectivity index (χ1) is 15.2. The molecule has 0 saturated heterocycles. The molecule has 1 N–H and O–H groups in total. The standard InChI is InChI=1S/C23H18ClF3N4O/c1-13-17(23(25,26)27)12-28-22(29-13)30-14(2)19-11-15-7-6-10-18(24)20(15)21(32)31(19)16-8-4-3-5-9-16/h3-12,14H,1-2H3,(H,28,29,30)/t14-/m1/s1. The molecule has 0 fully saturated rings. The van der Waals surface area contributed by atoms with Crippen LogP contribution in [0.25, 0.3) is 16.5 Å². The number of nitrogens with one attached hydrogen (secondary N) is 1. The van der Waals surface area contributed by atoms with Gasteiger partial charge in [-0.3, -0.25) is 9.36 Å². The second kappa shape index (κ2) is 8.27. The summed E-state index contributed by atoms with van der Waals surface area (Å²) in [4.78, 5) is 21.2. The lowest BCUT2D eigenvalue weighted by Gasteiger charge is -2.21. The van der Waals surface area contributed by atoms with Gasteiger partial charge in [-0.1, -0.05) is 41.9 Å². The van der Waals surface area contributed by atoms with Crippen molar-refractivity contribution in [1.82, 2.24) is 14.5 Å². The van der Waals surface area contributed by atoms with E-state index in [0.717, 1.165) is 6.20 Å². The van der Waals surface area contributed by atoms with Gasteiger partial charge in [0.25, 0.3) is 5.56 Å². The summed E-state index contributed by atoms with van der Waals surface area (Å²) in [6.45, 7) is 3.05. The van der Waals surface area contributed by atoms with E-state index in [4.69, 9.17) is 11.6 Å². The molecule has 164 valence electrons. The normalized spacial score (nSPS) is 12.7. The Morgan fingerprint density at radius 1 is 1.09 bits per heavy atom. The van der Waals surface area contributed by atoms with E-state index in [-0.39, 0.29) is 17.2 Å². The highest BCUT2D eigenvalue weighted by Crippen LogP contribution is 2.31. The van der Waals surface area contributed by atoms with Crippen molar-refractivity contribution in [2.45, 2.75) is 26.1 Å². The number of hydrogen-bond donors (Lipinski definition) is 1. The minimum absolute atomic E-state index is 0.0289. The van der Waals surface area contributed by atoms with Gasteiger partial charge in [-0.15, -0.1) is 0 Å². The van der Waals surface area contributed by atoms with Crippen LogP contribution < -0.4 is 10.9 Å². The van der Waals surface area contributed by atoms with Crippen LogP contribution in [-0.4, -0.2) is 14.5 Å². The number of alkyl halides is 3. The molecular weight excluding hydrogens is 441 g/mol. The number of aryl methyl sites for hydroxylation is 1. The van der Waals surface area contributed by atoms with E-state index >= 15 is 0 Å². The summed E-state index contributed by atoms with van der Waals surface area (Å²) in [6.07, 6.45) is -3.78. The van der Waals surface area contributed by atoms with Crippen molar-refractivity contribution < 1.29 is 13.2 Å². The fraction of sp³-hybridized carbons (Fsp3) is 0.174. The summed E-state index contributed by atoms with van der Waals surface area (Å²) in [5, 5.41) is 4.39. The van der Waals surface area contributed by atoms with Gasteiger partial charge in [-0.25, -0.2) is 9.97 Å². The van der Waals surface area contributed by atoms with Gasteiger partial charge >= 0.3 is 6.18 Å². The first-order valence-corrected chi connectivity index (χ1v) is 10.1. The fourth-order valence-electron chi connectivity index (χ4n) is 3.58. The molecule has 2 aromatic carbocycles. The van der Waals surface area contributed by atoms with Crippen LogP contribution in [0.5, 0.6) is 0 Å². The summed E-state index contributed by atoms with van der Waals surface area (Å²) >= 11 is 6.31. The minimum Gasteiger partial charge on any atom is -0.346 e. The molecule has 2 aromatic heterocycles. The molecular formula is C23H18ClF3N4O. The predicted octanol–water partition coefficient (Wildman–Crippen LogP) is 5.93. The lowest BCUT2D eigenvalue weighted by Crippen LogP contribution is -2.26. The number of halogens is 4. The SMILES string of the molecule is Cc1nc(N[C@H](C)c2cc3cccc(Cl)c3c(=O)n2-c2ccccc2)ncc1C(F)(F)F. The summed E-state index contributed by atoms with van der Waals surface area (Å²) in [5.74, 6) is 0.0289. The van der Waals surface area contributed by atoms with Crippen molar-refractivity contribution in [3.8, 4) is 5.69 Å². The first-order valence-electron chi connectivity index (χ1n) is 9.74. The van der Waals surface area contributed by atoms with Crippen LogP contribution in [0.2, 0.25) is 5.02 Å². The Morgan fingerprint density at radius 3 is 2.47 bits per heavy atom. The number of fused-ring (bicyclic) bond motifs is 1. The summed E-state index contributed by atoms with van der Waals surface area (Å²) in [7, 11) is 0. The minimum atomic E-state index is -4.53. The summed E-state index contributed by atoms with van der Waals surface area (Å²) < 4.78 is 40.6. The highest BCUT2D eigenvalue weighted by Gasteiger charge is 2.33. The van der Waals surface area contributed by atoms with E-state index < -0.39 is 17.8 Å². The van der Waals surface area contributed by atoms with Gasteiger partial charge in [-0.05, 0) is 43.5 Å². The van der Waals surface area contributed by atoms with Crippen LogP contribution in [-0.2, 0) is 6.18 Å². The molecule has 0 aliphatic heterocycles. The number of pyridine rings is 1. The maximum atomic E-state index is 13.4. The zero-order valence-electron chi connectivity index (χ0n) is 17.1. The largest absolute Gasteiger partial charge is 0.419 e. The Hall–Kier alpha value is -3.39. The van der Waals surface area contributed by atoms with Gasteiger partial charge in [0.15, 0.2) is 0 Å². The number of aromatic nitrogens is 3. The third-order valence-corrected chi connectivity index (χ3v) is 5.43. The smallest absolute Gasteiger partial charge is 0.346 e. The van der Waals surface area contributed by atoms with Gasteiger partial charge in [0.05, 0.1) is 27.7 Å². The molecule has 2 heterocycles. The lowest BCUT2D eigenvalue weighted by atomic mass is 10.1. The third-order valence-electron chi connectivity index (χ3n) is 5.11. The number of hydrogen-bond acceptors (Lipinski definition) is 4. The van der Waals surface area contributed by atoms with Gasteiger partial charge in [-0.2, -0.15) is 13.2 Å². The van der Waals surface area contributed by atoms with Crippen molar-refractivity contribution >= 4 is 28.3 Å². The average Bonchev–Trinajstić information content (AvgIpc) is 2.73. The number of rotatable bonds is 4. The summed E-state index contributed by atoms with van der Waals surface area (Å²) in [5.41, 5.74) is -0.165. The van der Waals surface area contributed by atoms with E-state index in [2.05, 4.69) is 15.3 Å². The molecule has 4 aromatic rings. The number of benzene rings is 2. The van der Waals surface area contributed by atoms with Crippen LogP contribution in [0, 0.1) is 6.92 Å². The molecule has 5 nitrogen and oxygen atoms in total. The lowest BCUT2D eigenvalue weighted by molar-refractivity contribution is -0.138. The Morgan fingerprint density at radius 2 is 1.81 bits per heavy atom. The Bertz CT molecular complexity index is 1350. The van der Waals surface area contributed by atoms with Gasteiger partial charge in [0.2, 0.25) is 5.95 Å². The Labute approximate surface area is 186 Å². The fourth-order valence-corrected chi connectivity index (χ4v) is 3.85. The van der Waals surface area contributed by atoms with E-state index in [1.165, 1.54) is 11.5 Å². The highest BCUT2D eigenvalue weighted by molar-refractivity contribution is 6.35. The molecule has 1 atom stereocenters. The molecule has 32 heavy (non-hydrogen) atoms. The van der Waals surface area contributed by atoms with Crippen molar-refractivity contribution in [1.29, 1.82) is 0 Å². The van der Waals surface area contributed by atoms with Crippen LogP contribution >= 0.6 is 11.6 Å². The van der Waals surface area contributed by atoms with Crippen LogP contribution in [0.3, 0.4) is 0 Å². The third kappa shape index (κ3) is 4.05. The van der Waals surface area contributed by atoms with Gasteiger partial charge in [0.1, 0.15) is 0 Å². The zero-order valence-corrected chi connectivity index (χ0v) is 17.9. The second-order valence-corrected chi connectivity index (χ2v) is 7.71. The number of anilines is 1. The molecule has 0 saturated carbocycles. The monoisotopic (exact) mass is 458 g/mol. The maximum Gasteiger partial charge on any atom is 0.419 e. The molecule has 9 heteroatoms. The topological polar surface area (TPSA) is 59.8 Å². The molecule has 0 bridgehead atoms. The van der Waals surface area contributed by atoms with Crippen molar-refractivity contribution in [2.24, 2.45) is 0 Å². The molecule has 0 unspecified atom stereocenters.